The van der Waals surface area contributed by atoms with Crippen molar-refractivity contribution in [3.8, 4) is 0 Å². The van der Waals surface area contributed by atoms with Crippen LogP contribution in [0.4, 0.5) is 4.39 Å². The van der Waals surface area contributed by atoms with E-state index in [2.05, 4.69) is 10.6 Å². The summed E-state index contributed by atoms with van der Waals surface area (Å²) in [5.41, 5.74) is 2.26. The van der Waals surface area contributed by atoms with Gasteiger partial charge in [0.15, 0.2) is 5.76 Å². The zero-order valence-electron chi connectivity index (χ0n) is 16.2. The summed E-state index contributed by atoms with van der Waals surface area (Å²) >= 11 is 0. The number of amides is 2. The predicted molar refractivity (Wildman–Crippen MR) is 108 cm³/mol. The molecular weight excluding hydrogens is 387 g/mol. The molecule has 2 amide bonds. The van der Waals surface area contributed by atoms with Gasteiger partial charge in [0, 0.05) is 23.1 Å². The number of hydrogen-bond donors (Lipinski definition) is 2. The minimum atomic E-state index is -0.406. The summed E-state index contributed by atoms with van der Waals surface area (Å²) < 4.78 is 24.2. The number of aryl methyl sites for hydroxylation is 1. The maximum atomic E-state index is 13.5. The van der Waals surface area contributed by atoms with Crippen molar-refractivity contribution in [2.45, 2.75) is 20.0 Å². The van der Waals surface area contributed by atoms with Gasteiger partial charge in [-0.15, -0.1) is 0 Å². The van der Waals surface area contributed by atoms with Crippen molar-refractivity contribution in [3.63, 3.8) is 0 Å². The summed E-state index contributed by atoms with van der Waals surface area (Å²) in [6, 6.07) is 14.6. The van der Waals surface area contributed by atoms with Crippen LogP contribution in [0.15, 0.2) is 69.7 Å². The van der Waals surface area contributed by atoms with Crippen LogP contribution in [-0.4, -0.2) is 11.8 Å². The lowest BCUT2D eigenvalue weighted by molar-refractivity contribution is 0.0923. The SMILES string of the molecule is Cc1c(C(=O)NCc2cccc(C(=O)NCc3ccco3)c2)oc2ccc(F)cc12. The van der Waals surface area contributed by atoms with E-state index < -0.39 is 5.91 Å². The molecule has 0 aliphatic rings. The Morgan fingerprint density at radius 2 is 1.80 bits per heavy atom. The molecule has 2 heterocycles. The molecule has 0 radical (unpaired) electrons. The Morgan fingerprint density at radius 3 is 2.60 bits per heavy atom. The number of carbonyl (C=O) groups is 2. The van der Waals surface area contributed by atoms with E-state index in [4.69, 9.17) is 8.83 Å². The molecule has 0 atom stereocenters. The third kappa shape index (κ3) is 4.10. The zero-order valence-corrected chi connectivity index (χ0v) is 16.2. The maximum Gasteiger partial charge on any atom is 0.287 e. The summed E-state index contributed by atoms with van der Waals surface area (Å²) in [7, 11) is 0. The van der Waals surface area contributed by atoms with Crippen molar-refractivity contribution in [1.82, 2.24) is 10.6 Å². The first-order chi connectivity index (χ1) is 14.5. The van der Waals surface area contributed by atoms with Crippen molar-refractivity contribution < 1.29 is 22.8 Å². The van der Waals surface area contributed by atoms with E-state index >= 15 is 0 Å². The van der Waals surface area contributed by atoms with Crippen LogP contribution in [0, 0.1) is 12.7 Å². The molecule has 0 saturated carbocycles. The Balaban J connectivity index is 1.41. The summed E-state index contributed by atoms with van der Waals surface area (Å²) in [6.45, 7) is 2.21. The fourth-order valence-electron chi connectivity index (χ4n) is 3.18. The van der Waals surface area contributed by atoms with Gasteiger partial charge < -0.3 is 19.5 Å². The molecule has 152 valence electrons. The van der Waals surface area contributed by atoms with E-state index in [0.29, 0.717) is 34.4 Å². The lowest BCUT2D eigenvalue weighted by atomic mass is 10.1. The number of carbonyl (C=O) groups excluding carboxylic acids is 2. The van der Waals surface area contributed by atoms with Gasteiger partial charge in [-0.25, -0.2) is 4.39 Å². The summed E-state index contributed by atoms with van der Waals surface area (Å²) in [4.78, 5) is 24.9. The maximum absolute atomic E-state index is 13.5. The van der Waals surface area contributed by atoms with Crippen molar-refractivity contribution in [2.75, 3.05) is 0 Å². The second-order valence-corrected chi connectivity index (χ2v) is 6.84. The van der Waals surface area contributed by atoms with Crippen molar-refractivity contribution in [2.24, 2.45) is 0 Å². The van der Waals surface area contributed by atoms with Crippen molar-refractivity contribution in [1.29, 1.82) is 0 Å². The van der Waals surface area contributed by atoms with Gasteiger partial charge in [0.05, 0.1) is 12.8 Å². The van der Waals surface area contributed by atoms with Crippen LogP contribution >= 0.6 is 0 Å². The van der Waals surface area contributed by atoms with Gasteiger partial charge in [0.2, 0.25) is 0 Å². The monoisotopic (exact) mass is 406 g/mol. The van der Waals surface area contributed by atoms with Crippen LogP contribution in [0.3, 0.4) is 0 Å². The van der Waals surface area contributed by atoms with E-state index in [9.17, 15) is 14.0 Å². The van der Waals surface area contributed by atoms with Gasteiger partial charge in [0.25, 0.3) is 11.8 Å². The molecule has 2 aromatic carbocycles. The second kappa shape index (κ2) is 8.24. The van der Waals surface area contributed by atoms with Crippen molar-refractivity contribution >= 4 is 22.8 Å². The minimum absolute atomic E-state index is 0.142. The predicted octanol–water partition coefficient (Wildman–Crippen LogP) is 4.33. The molecule has 0 aliphatic carbocycles. The van der Waals surface area contributed by atoms with Crippen LogP contribution < -0.4 is 10.6 Å². The molecule has 6 nitrogen and oxygen atoms in total. The number of hydrogen-bond acceptors (Lipinski definition) is 4. The highest BCUT2D eigenvalue weighted by atomic mass is 19.1. The molecule has 0 saturated heterocycles. The molecule has 0 aliphatic heterocycles. The molecule has 2 N–H and O–H groups in total. The third-order valence-electron chi connectivity index (χ3n) is 4.75. The van der Waals surface area contributed by atoms with Gasteiger partial charge in [-0.05, 0) is 55.0 Å². The molecule has 0 fully saturated rings. The first kappa shape index (κ1) is 19.4. The summed E-state index contributed by atoms with van der Waals surface area (Å²) in [6.07, 6.45) is 1.55. The fraction of sp³-hybridized carbons (Fsp3) is 0.130. The van der Waals surface area contributed by atoms with Crippen LogP contribution in [0.2, 0.25) is 0 Å². The smallest absolute Gasteiger partial charge is 0.287 e. The van der Waals surface area contributed by atoms with E-state index in [-0.39, 0.29) is 24.0 Å². The largest absolute Gasteiger partial charge is 0.467 e. The Morgan fingerprint density at radius 1 is 0.967 bits per heavy atom. The number of rotatable bonds is 6. The molecule has 0 unspecified atom stereocenters. The standard InChI is InChI=1S/C23H19FN2O4/c1-14-19-11-17(24)7-8-20(19)30-21(14)23(28)25-12-15-4-2-5-16(10-15)22(27)26-13-18-6-3-9-29-18/h2-11H,12-13H2,1H3,(H,25,28)(H,26,27). The van der Waals surface area contributed by atoms with Gasteiger partial charge in [-0.2, -0.15) is 0 Å². The average Bonchev–Trinajstić information content (AvgIpc) is 3.39. The van der Waals surface area contributed by atoms with E-state index in [0.717, 1.165) is 5.56 Å². The van der Waals surface area contributed by atoms with E-state index in [1.54, 1.807) is 43.5 Å². The van der Waals surface area contributed by atoms with Gasteiger partial charge in [-0.3, -0.25) is 9.59 Å². The fourth-order valence-corrected chi connectivity index (χ4v) is 3.18. The number of furan rings is 2. The third-order valence-corrected chi connectivity index (χ3v) is 4.75. The van der Waals surface area contributed by atoms with Crippen molar-refractivity contribution in [3.05, 3.63) is 94.9 Å². The molecule has 30 heavy (non-hydrogen) atoms. The highest BCUT2D eigenvalue weighted by Crippen LogP contribution is 2.26. The molecule has 2 aromatic heterocycles. The van der Waals surface area contributed by atoms with Crippen LogP contribution in [0.25, 0.3) is 11.0 Å². The lowest BCUT2D eigenvalue weighted by Crippen LogP contribution is -2.24. The van der Waals surface area contributed by atoms with Crippen LogP contribution in [-0.2, 0) is 13.1 Å². The highest BCUT2D eigenvalue weighted by Gasteiger charge is 2.18. The summed E-state index contributed by atoms with van der Waals surface area (Å²) in [5.74, 6) is -0.234. The van der Waals surface area contributed by atoms with E-state index in [1.807, 2.05) is 6.07 Å². The molecule has 0 spiro atoms. The van der Waals surface area contributed by atoms with Crippen LogP contribution in [0.5, 0.6) is 0 Å². The molecule has 4 aromatic rings. The Kier molecular flexibility index (Phi) is 5.34. The van der Waals surface area contributed by atoms with Gasteiger partial charge >= 0.3 is 0 Å². The Bertz CT molecular complexity index is 1210. The topological polar surface area (TPSA) is 84.5 Å². The molecule has 4 rings (SSSR count). The summed E-state index contributed by atoms with van der Waals surface area (Å²) in [5, 5.41) is 6.12. The first-order valence-corrected chi connectivity index (χ1v) is 9.37. The Hall–Kier alpha value is -3.87. The molecular formula is C23H19FN2O4. The Labute approximate surface area is 171 Å². The number of benzene rings is 2. The second-order valence-electron chi connectivity index (χ2n) is 6.84. The number of halogens is 1. The lowest BCUT2D eigenvalue weighted by Gasteiger charge is -2.07. The van der Waals surface area contributed by atoms with Gasteiger partial charge in [-0.1, -0.05) is 12.1 Å². The molecule has 7 heteroatoms. The first-order valence-electron chi connectivity index (χ1n) is 9.37. The van der Waals surface area contributed by atoms with E-state index in [1.165, 1.54) is 18.2 Å². The molecule has 0 bridgehead atoms. The average molecular weight is 406 g/mol. The number of nitrogens with one attached hydrogen (secondary N) is 2. The minimum Gasteiger partial charge on any atom is -0.467 e. The quantitative estimate of drug-likeness (QED) is 0.499. The van der Waals surface area contributed by atoms with Gasteiger partial charge in [0.1, 0.15) is 17.2 Å². The number of fused-ring (bicyclic) bond motifs is 1. The zero-order chi connectivity index (χ0) is 21.1. The van der Waals surface area contributed by atoms with Crippen LogP contribution in [0.1, 0.15) is 37.8 Å². The normalized spacial score (nSPS) is 10.9. The highest BCUT2D eigenvalue weighted by molar-refractivity contribution is 5.99.